The van der Waals surface area contributed by atoms with Crippen LogP contribution in [0.4, 0.5) is 0 Å². The second-order valence-corrected chi connectivity index (χ2v) is 6.45. The molecule has 6 heteroatoms. The van der Waals surface area contributed by atoms with E-state index in [1.165, 1.54) is 7.11 Å². The van der Waals surface area contributed by atoms with Gasteiger partial charge in [-0.2, -0.15) is 0 Å². The van der Waals surface area contributed by atoms with Crippen LogP contribution in [0.3, 0.4) is 0 Å². The lowest BCUT2D eigenvalue weighted by atomic mass is 9.98. The van der Waals surface area contributed by atoms with E-state index in [0.29, 0.717) is 18.9 Å². The second kappa shape index (κ2) is 7.81. The quantitative estimate of drug-likeness (QED) is 0.832. The number of methoxy groups -OCH3 is 1. The van der Waals surface area contributed by atoms with Gasteiger partial charge in [-0.25, -0.2) is 4.98 Å². The minimum Gasteiger partial charge on any atom is -0.445 e. The van der Waals surface area contributed by atoms with E-state index in [9.17, 15) is 4.79 Å². The van der Waals surface area contributed by atoms with Crippen LogP contribution in [0.2, 0.25) is 5.02 Å². The van der Waals surface area contributed by atoms with Crippen LogP contribution in [-0.2, 0) is 16.0 Å². The van der Waals surface area contributed by atoms with Crippen molar-refractivity contribution >= 4 is 17.5 Å². The molecule has 1 aliphatic rings. The van der Waals surface area contributed by atoms with Gasteiger partial charge in [-0.3, -0.25) is 4.79 Å². The number of rotatable bonds is 5. The van der Waals surface area contributed by atoms with E-state index >= 15 is 0 Å². The van der Waals surface area contributed by atoms with Crippen molar-refractivity contribution in [1.82, 2.24) is 9.88 Å². The number of nitrogens with zero attached hydrogens (tertiary/aromatic N) is 2. The maximum Gasteiger partial charge on any atom is 0.248 e. The molecule has 0 spiro atoms. The number of piperidine rings is 1. The highest BCUT2D eigenvalue weighted by atomic mass is 35.5. The van der Waals surface area contributed by atoms with E-state index in [0.717, 1.165) is 35.7 Å². The molecule has 0 unspecified atom stereocenters. The van der Waals surface area contributed by atoms with Gasteiger partial charge in [0.15, 0.2) is 5.89 Å². The number of hydrogen-bond acceptors (Lipinski definition) is 4. The topological polar surface area (TPSA) is 55.6 Å². The Morgan fingerprint density at radius 1 is 1.46 bits per heavy atom. The van der Waals surface area contributed by atoms with Crippen LogP contribution in [0.25, 0.3) is 0 Å². The molecule has 2 aromatic rings. The Kier molecular flexibility index (Phi) is 5.53. The summed E-state index contributed by atoms with van der Waals surface area (Å²) in [6.45, 7) is 1.52. The van der Waals surface area contributed by atoms with Crippen molar-refractivity contribution in [2.45, 2.75) is 25.2 Å². The van der Waals surface area contributed by atoms with Crippen molar-refractivity contribution < 1.29 is 13.9 Å². The molecule has 1 aliphatic heterocycles. The van der Waals surface area contributed by atoms with Crippen molar-refractivity contribution in [2.75, 3.05) is 26.8 Å². The molecule has 128 valence electrons. The van der Waals surface area contributed by atoms with Crippen molar-refractivity contribution in [3.8, 4) is 0 Å². The fraction of sp³-hybridized carbons (Fsp3) is 0.444. The van der Waals surface area contributed by atoms with Crippen molar-refractivity contribution in [1.29, 1.82) is 0 Å². The summed E-state index contributed by atoms with van der Waals surface area (Å²) in [6.07, 6.45) is 4.30. The van der Waals surface area contributed by atoms with Gasteiger partial charge in [-0.15, -0.1) is 0 Å². The molecule has 2 heterocycles. The number of carbonyl (C=O) groups is 1. The molecule has 0 aliphatic carbocycles. The monoisotopic (exact) mass is 348 g/mol. The summed E-state index contributed by atoms with van der Waals surface area (Å²) in [5.74, 6) is 1.65. The standard InChI is InChI=1S/C18H21ClN2O3/c1-23-12-17(22)21-8-4-6-14(11-21)18-20-10-15(24-18)9-13-5-2-3-7-16(13)19/h2-3,5,7,10,14H,4,6,8-9,11-12H2,1H3/t14-/m0/s1. The molecule has 1 aromatic carbocycles. The first-order valence-corrected chi connectivity index (χ1v) is 8.50. The lowest BCUT2D eigenvalue weighted by molar-refractivity contribution is -0.136. The highest BCUT2D eigenvalue weighted by Gasteiger charge is 2.27. The number of carbonyl (C=O) groups excluding carboxylic acids is 1. The zero-order valence-electron chi connectivity index (χ0n) is 13.7. The van der Waals surface area contributed by atoms with Crippen molar-refractivity contribution in [3.63, 3.8) is 0 Å². The summed E-state index contributed by atoms with van der Waals surface area (Å²) in [4.78, 5) is 18.2. The van der Waals surface area contributed by atoms with Gasteiger partial charge in [-0.1, -0.05) is 29.8 Å². The second-order valence-electron chi connectivity index (χ2n) is 6.04. The normalized spacial score (nSPS) is 17.9. The summed E-state index contributed by atoms with van der Waals surface area (Å²) >= 11 is 6.20. The number of likely N-dealkylation sites (tertiary alicyclic amines) is 1. The first-order valence-electron chi connectivity index (χ1n) is 8.12. The maximum absolute atomic E-state index is 12.0. The number of benzene rings is 1. The number of amides is 1. The van der Waals surface area contributed by atoms with Crippen LogP contribution in [0.1, 0.15) is 36.0 Å². The molecule has 24 heavy (non-hydrogen) atoms. The third-order valence-electron chi connectivity index (χ3n) is 4.29. The summed E-state index contributed by atoms with van der Waals surface area (Å²) in [6, 6.07) is 7.72. The number of hydrogen-bond donors (Lipinski definition) is 0. The molecular weight excluding hydrogens is 328 g/mol. The average molecular weight is 349 g/mol. The van der Waals surface area contributed by atoms with Gasteiger partial charge in [0.25, 0.3) is 0 Å². The summed E-state index contributed by atoms with van der Waals surface area (Å²) in [5, 5.41) is 0.726. The van der Waals surface area contributed by atoms with E-state index in [-0.39, 0.29) is 18.4 Å². The predicted molar refractivity (Wildman–Crippen MR) is 91.2 cm³/mol. The van der Waals surface area contributed by atoms with Gasteiger partial charge in [0.1, 0.15) is 12.4 Å². The molecule has 1 saturated heterocycles. The Balaban J connectivity index is 1.66. The molecule has 1 fully saturated rings. The molecule has 5 nitrogen and oxygen atoms in total. The maximum atomic E-state index is 12.0. The summed E-state index contributed by atoms with van der Waals surface area (Å²) < 4.78 is 10.9. The van der Waals surface area contributed by atoms with Crippen LogP contribution < -0.4 is 0 Å². The van der Waals surface area contributed by atoms with Crippen LogP contribution >= 0.6 is 11.6 Å². The molecule has 0 radical (unpaired) electrons. The Bertz CT molecular complexity index is 701. The van der Waals surface area contributed by atoms with Gasteiger partial charge in [0, 0.05) is 31.6 Å². The fourth-order valence-electron chi connectivity index (χ4n) is 3.04. The van der Waals surface area contributed by atoms with Crippen LogP contribution in [0.5, 0.6) is 0 Å². The number of oxazole rings is 1. The van der Waals surface area contributed by atoms with Crippen LogP contribution in [0.15, 0.2) is 34.9 Å². The van der Waals surface area contributed by atoms with Gasteiger partial charge in [-0.05, 0) is 24.5 Å². The summed E-state index contributed by atoms with van der Waals surface area (Å²) in [5.41, 5.74) is 1.02. The number of ether oxygens (including phenoxy) is 1. The Morgan fingerprint density at radius 2 is 2.29 bits per heavy atom. The van der Waals surface area contributed by atoms with Crippen LogP contribution in [-0.4, -0.2) is 42.6 Å². The molecule has 1 atom stereocenters. The minimum atomic E-state index is 0.0186. The third-order valence-corrected chi connectivity index (χ3v) is 4.65. The molecule has 1 aromatic heterocycles. The van der Waals surface area contributed by atoms with Gasteiger partial charge >= 0.3 is 0 Å². The lowest BCUT2D eigenvalue weighted by Crippen LogP contribution is -2.40. The van der Waals surface area contributed by atoms with Gasteiger partial charge in [0.05, 0.1) is 12.1 Å². The first kappa shape index (κ1) is 17.0. The smallest absolute Gasteiger partial charge is 0.248 e. The Labute approximate surface area is 146 Å². The van der Waals surface area contributed by atoms with Crippen molar-refractivity contribution in [3.05, 3.63) is 52.7 Å². The van der Waals surface area contributed by atoms with E-state index in [2.05, 4.69) is 4.98 Å². The largest absolute Gasteiger partial charge is 0.445 e. The molecule has 0 saturated carbocycles. The van der Waals surface area contributed by atoms with E-state index < -0.39 is 0 Å². The SMILES string of the molecule is COCC(=O)N1CCC[C@H](c2ncc(Cc3ccccc3Cl)o2)C1. The summed E-state index contributed by atoms with van der Waals surface area (Å²) in [7, 11) is 1.54. The van der Waals surface area contributed by atoms with E-state index in [4.69, 9.17) is 20.8 Å². The van der Waals surface area contributed by atoms with E-state index in [1.54, 1.807) is 6.20 Å². The molecule has 3 rings (SSSR count). The molecular formula is C18H21ClN2O3. The highest BCUT2D eigenvalue weighted by Crippen LogP contribution is 2.28. The zero-order valence-corrected chi connectivity index (χ0v) is 14.5. The van der Waals surface area contributed by atoms with Crippen molar-refractivity contribution in [2.24, 2.45) is 0 Å². The third kappa shape index (κ3) is 3.97. The predicted octanol–water partition coefficient (Wildman–Crippen LogP) is 3.27. The number of aromatic nitrogens is 1. The Morgan fingerprint density at radius 3 is 3.08 bits per heavy atom. The average Bonchev–Trinajstić information content (AvgIpc) is 3.06. The van der Waals surface area contributed by atoms with Gasteiger partial charge in [0.2, 0.25) is 5.91 Å². The fourth-order valence-corrected chi connectivity index (χ4v) is 3.25. The highest BCUT2D eigenvalue weighted by molar-refractivity contribution is 6.31. The van der Waals surface area contributed by atoms with Crippen LogP contribution in [0, 0.1) is 0 Å². The molecule has 1 amide bonds. The number of halogens is 1. The first-order chi connectivity index (χ1) is 11.7. The molecule has 0 bridgehead atoms. The minimum absolute atomic E-state index is 0.0186. The molecule has 0 N–H and O–H groups in total. The van der Waals surface area contributed by atoms with E-state index in [1.807, 2.05) is 29.2 Å². The lowest BCUT2D eigenvalue weighted by Gasteiger charge is -2.31. The Hall–Kier alpha value is -1.85. The zero-order chi connectivity index (χ0) is 16.9. The van der Waals surface area contributed by atoms with Gasteiger partial charge < -0.3 is 14.1 Å².